The molecular formula is C30H26Cl2F2N2O8S2. The summed E-state index contributed by atoms with van der Waals surface area (Å²) in [4.78, 5) is 29.3. The highest BCUT2D eigenvalue weighted by Crippen LogP contribution is 2.40. The first-order chi connectivity index (χ1) is 22.0. The SMILES string of the molecule is O=C1Cc2ccc(S(=O)(=O)N3CCS[C@H]3C(=O)O[C@@H](Cc3c(Cl)cncc3Cl)c3ccc(OC(F)F)c(OCC4CC4)c3)cc2O1. The fraction of sp³-hybridized carbons (Fsp3) is 0.367. The third-order valence-corrected chi connectivity index (χ3v) is 11.4. The Hall–Kier alpha value is -3.17. The van der Waals surface area contributed by atoms with Crippen LogP contribution >= 0.6 is 35.0 Å². The van der Waals surface area contributed by atoms with Crippen LogP contribution in [0, 0.1) is 5.92 Å². The average Bonchev–Trinajstić information content (AvgIpc) is 3.54. The van der Waals surface area contributed by atoms with E-state index in [9.17, 15) is 26.8 Å². The smallest absolute Gasteiger partial charge is 0.387 e. The number of rotatable bonds is 12. The van der Waals surface area contributed by atoms with Crippen molar-refractivity contribution in [3.8, 4) is 17.2 Å². The Morgan fingerprint density at radius 2 is 1.87 bits per heavy atom. The fourth-order valence-electron chi connectivity index (χ4n) is 5.04. The monoisotopic (exact) mass is 714 g/mol. The summed E-state index contributed by atoms with van der Waals surface area (Å²) in [7, 11) is -4.22. The molecule has 0 spiro atoms. The van der Waals surface area contributed by atoms with Gasteiger partial charge in [-0.3, -0.25) is 9.78 Å². The van der Waals surface area contributed by atoms with Crippen molar-refractivity contribution in [3.05, 3.63) is 75.5 Å². The first-order valence-corrected chi connectivity index (χ1v) is 17.4. The van der Waals surface area contributed by atoms with Crippen LogP contribution < -0.4 is 14.2 Å². The third kappa shape index (κ3) is 7.20. The second-order valence-corrected chi connectivity index (χ2v) is 14.7. The number of hydrogen-bond acceptors (Lipinski definition) is 10. The molecule has 1 aliphatic carbocycles. The molecule has 0 amide bonds. The van der Waals surface area contributed by atoms with Gasteiger partial charge < -0.3 is 18.9 Å². The molecule has 0 unspecified atom stereocenters. The zero-order valence-corrected chi connectivity index (χ0v) is 27.0. The number of benzene rings is 2. The second kappa shape index (κ2) is 13.5. The minimum absolute atomic E-state index is 0.0230. The van der Waals surface area contributed by atoms with Gasteiger partial charge in [0.15, 0.2) is 16.9 Å². The molecule has 16 heteroatoms. The first-order valence-electron chi connectivity index (χ1n) is 14.2. The summed E-state index contributed by atoms with van der Waals surface area (Å²) in [5.74, 6) is -0.734. The number of pyridine rings is 1. The van der Waals surface area contributed by atoms with Crippen molar-refractivity contribution in [1.29, 1.82) is 0 Å². The van der Waals surface area contributed by atoms with Gasteiger partial charge in [0.1, 0.15) is 11.9 Å². The molecule has 2 aromatic carbocycles. The predicted octanol–water partition coefficient (Wildman–Crippen LogP) is 5.83. The molecule has 46 heavy (non-hydrogen) atoms. The quantitative estimate of drug-likeness (QED) is 0.167. The Bertz CT molecular complexity index is 1760. The summed E-state index contributed by atoms with van der Waals surface area (Å²) >= 11 is 13.9. The number of aromatic nitrogens is 1. The summed E-state index contributed by atoms with van der Waals surface area (Å²) in [5, 5.41) is -0.847. The summed E-state index contributed by atoms with van der Waals surface area (Å²) in [6.07, 6.45) is 3.56. The van der Waals surface area contributed by atoms with Gasteiger partial charge in [0.2, 0.25) is 10.0 Å². The number of ether oxygens (including phenoxy) is 4. The average molecular weight is 716 g/mol. The number of carbonyl (C=O) groups is 2. The number of esters is 2. The standard InChI is InChI=1S/C30H26Cl2F2N2O8S2/c31-21-13-35-14-22(32)20(21)12-25(17-4-6-23(44-30(33)34)26(9-17)41-15-16-1-2-16)43-29(38)28-36(7-8-45-28)46(39,40)19-5-3-18-10-27(37)42-24(18)11-19/h3-6,9,11,13-14,16,25,28,30H,1-2,7-8,10,12,15H2/t25-,28-/m0/s1. The van der Waals surface area contributed by atoms with Gasteiger partial charge in [-0.2, -0.15) is 13.1 Å². The number of sulfonamides is 1. The number of fused-ring (bicyclic) bond motifs is 1. The summed E-state index contributed by atoms with van der Waals surface area (Å²) in [6.45, 7) is -2.78. The van der Waals surface area contributed by atoms with E-state index in [1.165, 1.54) is 48.8 Å². The van der Waals surface area contributed by atoms with E-state index in [2.05, 4.69) is 9.72 Å². The first kappa shape index (κ1) is 32.8. The number of halogens is 4. The maximum atomic E-state index is 13.8. The van der Waals surface area contributed by atoms with Gasteiger partial charge in [-0.05, 0) is 48.1 Å². The molecule has 3 aromatic rings. The molecule has 0 bridgehead atoms. The molecule has 2 fully saturated rings. The maximum absolute atomic E-state index is 13.8. The topological polar surface area (TPSA) is 121 Å². The molecule has 244 valence electrons. The van der Waals surface area contributed by atoms with Crippen molar-refractivity contribution in [2.24, 2.45) is 5.92 Å². The molecule has 10 nitrogen and oxygen atoms in total. The zero-order chi connectivity index (χ0) is 32.6. The molecule has 2 atom stereocenters. The van der Waals surface area contributed by atoms with Crippen LogP contribution in [0.2, 0.25) is 10.0 Å². The number of hydrogen-bond donors (Lipinski definition) is 0. The van der Waals surface area contributed by atoms with Gasteiger partial charge in [0.25, 0.3) is 0 Å². The molecule has 2 aliphatic heterocycles. The predicted molar refractivity (Wildman–Crippen MR) is 164 cm³/mol. The third-order valence-electron chi connectivity index (χ3n) is 7.58. The maximum Gasteiger partial charge on any atom is 0.387 e. The van der Waals surface area contributed by atoms with Crippen LogP contribution in [0.4, 0.5) is 8.78 Å². The van der Waals surface area contributed by atoms with Crippen molar-refractivity contribution >= 4 is 56.9 Å². The fourth-order valence-corrected chi connectivity index (χ4v) is 8.62. The van der Waals surface area contributed by atoms with Gasteiger partial charge >= 0.3 is 18.6 Å². The Labute approximate surface area is 277 Å². The largest absolute Gasteiger partial charge is 0.489 e. The molecule has 1 saturated carbocycles. The summed E-state index contributed by atoms with van der Waals surface area (Å²) < 4.78 is 76.4. The van der Waals surface area contributed by atoms with Crippen molar-refractivity contribution in [3.63, 3.8) is 0 Å². The Morgan fingerprint density at radius 1 is 1.11 bits per heavy atom. The van der Waals surface area contributed by atoms with Crippen LogP contribution in [0.15, 0.2) is 53.7 Å². The summed E-state index contributed by atoms with van der Waals surface area (Å²) in [5.41, 5.74) is 1.32. The minimum Gasteiger partial charge on any atom is -0.489 e. The normalized spacial score (nSPS) is 18.7. The minimum atomic E-state index is -4.22. The van der Waals surface area contributed by atoms with Gasteiger partial charge in [-0.25, -0.2) is 13.2 Å². The van der Waals surface area contributed by atoms with E-state index in [-0.39, 0.29) is 51.6 Å². The lowest BCUT2D eigenvalue weighted by Crippen LogP contribution is -2.40. The number of alkyl halides is 2. The van der Waals surface area contributed by atoms with Crippen molar-refractivity contribution in [2.75, 3.05) is 18.9 Å². The van der Waals surface area contributed by atoms with Crippen LogP contribution in [0.5, 0.6) is 17.2 Å². The van der Waals surface area contributed by atoms with Crippen LogP contribution in [0.25, 0.3) is 0 Å². The zero-order valence-electron chi connectivity index (χ0n) is 23.9. The van der Waals surface area contributed by atoms with Crippen LogP contribution in [0.3, 0.4) is 0 Å². The van der Waals surface area contributed by atoms with E-state index in [1.807, 2.05) is 0 Å². The highest BCUT2D eigenvalue weighted by atomic mass is 35.5. The van der Waals surface area contributed by atoms with Crippen molar-refractivity contribution < 1.29 is 45.7 Å². The molecule has 3 heterocycles. The Balaban J connectivity index is 1.30. The van der Waals surface area contributed by atoms with Gasteiger partial charge in [0, 0.05) is 42.7 Å². The van der Waals surface area contributed by atoms with Gasteiger partial charge in [-0.15, -0.1) is 11.8 Å². The highest BCUT2D eigenvalue weighted by Gasteiger charge is 2.43. The Morgan fingerprint density at radius 3 is 2.59 bits per heavy atom. The van der Waals surface area contributed by atoms with Crippen LogP contribution in [0.1, 0.15) is 35.6 Å². The molecule has 3 aliphatic rings. The van der Waals surface area contributed by atoms with E-state index in [0.717, 1.165) is 28.9 Å². The lowest BCUT2D eigenvalue weighted by molar-refractivity contribution is -0.150. The van der Waals surface area contributed by atoms with Crippen molar-refractivity contribution in [1.82, 2.24) is 9.29 Å². The molecule has 1 saturated heterocycles. The molecular weight excluding hydrogens is 689 g/mol. The van der Waals surface area contributed by atoms with Crippen LogP contribution in [-0.4, -0.2) is 60.5 Å². The molecule has 0 N–H and O–H groups in total. The van der Waals surface area contributed by atoms with Crippen molar-refractivity contribution in [2.45, 2.75) is 48.7 Å². The van der Waals surface area contributed by atoms with E-state index >= 15 is 0 Å². The number of nitrogens with zero attached hydrogens (tertiary/aromatic N) is 2. The highest BCUT2D eigenvalue weighted by molar-refractivity contribution is 8.02. The van der Waals surface area contributed by atoms with Gasteiger partial charge in [0.05, 0.1) is 28.0 Å². The number of thioether (sulfide) groups is 1. The van der Waals surface area contributed by atoms with E-state index in [0.29, 0.717) is 35.0 Å². The van der Waals surface area contributed by atoms with Gasteiger partial charge in [-0.1, -0.05) is 35.3 Å². The number of carbonyl (C=O) groups excluding carboxylic acids is 2. The second-order valence-electron chi connectivity index (χ2n) is 10.8. The van der Waals surface area contributed by atoms with Crippen LogP contribution in [-0.2, 0) is 37.2 Å². The molecule has 0 radical (unpaired) electrons. The van der Waals surface area contributed by atoms with E-state index < -0.39 is 40.1 Å². The summed E-state index contributed by atoms with van der Waals surface area (Å²) in [6, 6.07) is 8.33. The lowest BCUT2D eigenvalue weighted by atomic mass is 10.0. The lowest BCUT2D eigenvalue weighted by Gasteiger charge is -2.26. The molecule has 6 rings (SSSR count). The van der Waals surface area contributed by atoms with E-state index in [4.69, 9.17) is 37.4 Å². The van der Waals surface area contributed by atoms with E-state index in [1.54, 1.807) is 0 Å². The molecule has 1 aromatic heterocycles. The Kier molecular flexibility index (Phi) is 9.62.